The van der Waals surface area contributed by atoms with Crippen LogP contribution in [0, 0.1) is 6.92 Å². The number of anilines is 1. The Kier molecular flexibility index (Phi) is 5.76. The van der Waals surface area contributed by atoms with E-state index in [-0.39, 0.29) is 17.7 Å². The van der Waals surface area contributed by atoms with Crippen molar-refractivity contribution in [2.45, 2.75) is 32.9 Å². The number of H-pyrrole nitrogens is 1. The highest BCUT2D eigenvalue weighted by Gasteiger charge is 2.34. The third-order valence-corrected chi connectivity index (χ3v) is 6.22. The van der Waals surface area contributed by atoms with Crippen LogP contribution in [0.4, 0.5) is 5.69 Å². The van der Waals surface area contributed by atoms with Crippen LogP contribution in [0.3, 0.4) is 0 Å². The summed E-state index contributed by atoms with van der Waals surface area (Å²) in [6, 6.07) is 21.2. The number of para-hydroxylation sites is 1. The Morgan fingerprint density at radius 1 is 1.06 bits per heavy atom. The van der Waals surface area contributed by atoms with Crippen molar-refractivity contribution in [1.82, 2.24) is 19.7 Å². The molecule has 34 heavy (non-hydrogen) atoms. The first kappa shape index (κ1) is 21.7. The number of carbonyl (C=O) groups excluding carboxylic acids is 2. The van der Waals surface area contributed by atoms with Crippen molar-refractivity contribution in [1.29, 1.82) is 0 Å². The summed E-state index contributed by atoms with van der Waals surface area (Å²) in [6.45, 7) is 5.60. The predicted octanol–water partition coefficient (Wildman–Crippen LogP) is 4.58. The topological polar surface area (TPSA) is 83.0 Å². The van der Waals surface area contributed by atoms with Gasteiger partial charge in [-0.25, -0.2) is 0 Å². The fourth-order valence-electron chi connectivity index (χ4n) is 4.56. The predicted molar refractivity (Wildman–Crippen MR) is 131 cm³/mol. The van der Waals surface area contributed by atoms with E-state index in [1.165, 1.54) is 5.56 Å². The zero-order valence-electron chi connectivity index (χ0n) is 19.3. The van der Waals surface area contributed by atoms with Gasteiger partial charge in [0.05, 0.1) is 13.1 Å². The zero-order valence-corrected chi connectivity index (χ0v) is 19.3. The average Bonchev–Trinajstić information content (AvgIpc) is 3.50. The maximum absolute atomic E-state index is 13.3. The number of amides is 2. The highest BCUT2D eigenvalue weighted by Crippen LogP contribution is 2.32. The molecule has 0 spiro atoms. The van der Waals surface area contributed by atoms with E-state index in [1.807, 2.05) is 41.1 Å². The fourth-order valence-corrected chi connectivity index (χ4v) is 4.56. The number of nitrogens with zero attached hydrogens (tertiary/aromatic N) is 3. The van der Waals surface area contributed by atoms with Gasteiger partial charge in [0.15, 0.2) is 5.69 Å². The highest BCUT2D eigenvalue weighted by atomic mass is 16.2. The van der Waals surface area contributed by atoms with Gasteiger partial charge in [-0.2, -0.15) is 5.10 Å². The SMILES string of the molecule is Cc1ccc(Cn2nc(C(=O)Nc3ccccc3)c3c2C(C)CN(C(=O)c2ccc[nH]2)C3)cc1. The molecule has 1 aliphatic heterocycles. The highest BCUT2D eigenvalue weighted by molar-refractivity contribution is 6.04. The van der Waals surface area contributed by atoms with Crippen LogP contribution in [0.25, 0.3) is 0 Å². The van der Waals surface area contributed by atoms with Crippen molar-refractivity contribution < 1.29 is 9.59 Å². The Bertz CT molecular complexity index is 1310. The molecule has 5 rings (SSSR count). The van der Waals surface area contributed by atoms with Gasteiger partial charge in [0.25, 0.3) is 11.8 Å². The second kappa shape index (κ2) is 9.02. The molecule has 0 fully saturated rings. The molecule has 3 heterocycles. The van der Waals surface area contributed by atoms with Gasteiger partial charge in [-0.05, 0) is 36.8 Å². The van der Waals surface area contributed by atoms with E-state index >= 15 is 0 Å². The molecule has 0 bridgehead atoms. The van der Waals surface area contributed by atoms with Crippen LogP contribution in [0.2, 0.25) is 0 Å². The third-order valence-electron chi connectivity index (χ3n) is 6.22. The van der Waals surface area contributed by atoms with Crippen molar-refractivity contribution in [3.05, 3.63) is 107 Å². The van der Waals surface area contributed by atoms with Crippen molar-refractivity contribution in [3.8, 4) is 0 Å². The van der Waals surface area contributed by atoms with Gasteiger partial charge in [-0.1, -0.05) is 55.0 Å². The van der Waals surface area contributed by atoms with Crippen LogP contribution in [0.1, 0.15) is 56.2 Å². The molecular formula is C27H27N5O2. The molecule has 1 aliphatic rings. The number of benzene rings is 2. The summed E-state index contributed by atoms with van der Waals surface area (Å²) in [7, 11) is 0. The fraction of sp³-hybridized carbons (Fsp3) is 0.222. The van der Waals surface area contributed by atoms with E-state index in [2.05, 4.69) is 48.4 Å². The lowest BCUT2D eigenvalue weighted by atomic mass is 9.95. The molecule has 2 aromatic carbocycles. The van der Waals surface area contributed by atoms with Crippen molar-refractivity contribution >= 4 is 17.5 Å². The smallest absolute Gasteiger partial charge is 0.276 e. The van der Waals surface area contributed by atoms with Gasteiger partial charge in [0.2, 0.25) is 0 Å². The molecule has 2 aromatic heterocycles. The van der Waals surface area contributed by atoms with E-state index < -0.39 is 0 Å². The Labute approximate surface area is 198 Å². The summed E-state index contributed by atoms with van der Waals surface area (Å²) >= 11 is 0. The summed E-state index contributed by atoms with van der Waals surface area (Å²) in [5, 5.41) is 7.73. The summed E-state index contributed by atoms with van der Waals surface area (Å²) in [6.07, 6.45) is 1.74. The molecule has 0 saturated carbocycles. The third kappa shape index (κ3) is 4.24. The second-order valence-electron chi connectivity index (χ2n) is 8.85. The molecule has 0 saturated heterocycles. The first-order chi connectivity index (χ1) is 16.5. The Hall–Kier alpha value is -4.13. The van der Waals surface area contributed by atoms with Crippen LogP contribution in [-0.2, 0) is 13.1 Å². The van der Waals surface area contributed by atoms with Crippen LogP contribution in [0.5, 0.6) is 0 Å². The number of hydrogen-bond acceptors (Lipinski definition) is 3. The summed E-state index contributed by atoms with van der Waals surface area (Å²) < 4.78 is 1.93. The van der Waals surface area contributed by atoms with Crippen molar-refractivity contribution in [2.75, 3.05) is 11.9 Å². The quantitative estimate of drug-likeness (QED) is 0.464. The van der Waals surface area contributed by atoms with E-state index in [0.29, 0.717) is 36.7 Å². The van der Waals surface area contributed by atoms with Gasteiger partial charge >= 0.3 is 0 Å². The standard InChI is InChI=1S/C27H27N5O2/c1-18-10-12-20(13-11-18)16-32-25-19(2)15-31(27(34)23-9-6-14-28-23)17-22(25)24(30-32)26(33)29-21-7-4-3-5-8-21/h3-14,19,28H,15-17H2,1-2H3,(H,29,33). The minimum absolute atomic E-state index is 0.0267. The lowest BCUT2D eigenvalue weighted by molar-refractivity contribution is 0.0711. The molecule has 7 nitrogen and oxygen atoms in total. The first-order valence-electron chi connectivity index (χ1n) is 11.4. The van der Waals surface area contributed by atoms with Gasteiger partial charge in [0, 0.05) is 35.6 Å². The van der Waals surface area contributed by atoms with Gasteiger partial charge in [-0.3, -0.25) is 14.3 Å². The number of nitrogens with one attached hydrogen (secondary N) is 2. The van der Waals surface area contributed by atoms with E-state index in [9.17, 15) is 9.59 Å². The number of rotatable bonds is 5. The molecule has 172 valence electrons. The molecule has 0 radical (unpaired) electrons. The molecular weight excluding hydrogens is 426 g/mol. The molecule has 2 N–H and O–H groups in total. The minimum Gasteiger partial charge on any atom is -0.357 e. The Morgan fingerprint density at radius 3 is 2.53 bits per heavy atom. The lowest BCUT2D eigenvalue weighted by Crippen LogP contribution is -2.38. The van der Waals surface area contributed by atoms with Crippen LogP contribution >= 0.6 is 0 Å². The Morgan fingerprint density at radius 2 is 1.82 bits per heavy atom. The second-order valence-corrected chi connectivity index (χ2v) is 8.85. The van der Waals surface area contributed by atoms with Gasteiger partial charge < -0.3 is 15.2 Å². The molecule has 4 aromatic rings. The summed E-state index contributed by atoms with van der Waals surface area (Å²) in [5.74, 6) is -0.325. The number of aryl methyl sites for hydroxylation is 1. The van der Waals surface area contributed by atoms with E-state index in [4.69, 9.17) is 5.10 Å². The Balaban J connectivity index is 1.52. The molecule has 1 atom stereocenters. The molecule has 2 amide bonds. The number of hydrogen-bond donors (Lipinski definition) is 2. The van der Waals surface area contributed by atoms with Crippen LogP contribution < -0.4 is 5.32 Å². The maximum Gasteiger partial charge on any atom is 0.276 e. The number of aromatic amines is 1. The van der Waals surface area contributed by atoms with Gasteiger partial charge in [-0.15, -0.1) is 0 Å². The molecule has 7 heteroatoms. The van der Waals surface area contributed by atoms with Gasteiger partial charge in [0.1, 0.15) is 5.69 Å². The van der Waals surface area contributed by atoms with Crippen LogP contribution in [0.15, 0.2) is 72.9 Å². The summed E-state index contributed by atoms with van der Waals surface area (Å²) in [4.78, 5) is 31.2. The average molecular weight is 454 g/mol. The first-order valence-corrected chi connectivity index (χ1v) is 11.4. The largest absolute Gasteiger partial charge is 0.357 e. The molecule has 0 aliphatic carbocycles. The minimum atomic E-state index is -0.272. The van der Waals surface area contributed by atoms with Crippen LogP contribution in [-0.4, -0.2) is 38.0 Å². The zero-order chi connectivity index (χ0) is 23.7. The summed E-state index contributed by atoms with van der Waals surface area (Å²) in [5.41, 5.74) is 5.73. The lowest BCUT2D eigenvalue weighted by Gasteiger charge is -2.32. The number of fused-ring (bicyclic) bond motifs is 1. The normalized spacial score (nSPS) is 15.1. The number of aromatic nitrogens is 3. The van der Waals surface area contributed by atoms with Crippen molar-refractivity contribution in [2.24, 2.45) is 0 Å². The van der Waals surface area contributed by atoms with Crippen molar-refractivity contribution in [3.63, 3.8) is 0 Å². The maximum atomic E-state index is 13.3. The number of carbonyl (C=O) groups is 2. The monoisotopic (exact) mass is 453 g/mol. The van der Waals surface area contributed by atoms with E-state index in [1.54, 1.807) is 17.2 Å². The van der Waals surface area contributed by atoms with E-state index in [0.717, 1.165) is 16.8 Å². The molecule has 1 unspecified atom stereocenters.